The van der Waals surface area contributed by atoms with Crippen molar-refractivity contribution in [2.24, 2.45) is 0 Å². The highest BCUT2D eigenvalue weighted by molar-refractivity contribution is 7.10. The Hall–Kier alpha value is -2.44. The Bertz CT molecular complexity index is 946. The number of thiophene rings is 2. The Balaban J connectivity index is 1.72. The molecule has 0 saturated carbocycles. The first-order chi connectivity index (χ1) is 12.7. The van der Waals surface area contributed by atoms with E-state index in [-0.39, 0.29) is 11.9 Å². The maximum Gasteiger partial charge on any atom is 0.337 e. The van der Waals surface area contributed by atoms with E-state index in [1.54, 1.807) is 46.9 Å². The van der Waals surface area contributed by atoms with Crippen LogP contribution >= 0.6 is 22.7 Å². The van der Waals surface area contributed by atoms with Crippen molar-refractivity contribution in [3.8, 4) is 0 Å². The summed E-state index contributed by atoms with van der Waals surface area (Å²) < 4.78 is 4.77. The van der Waals surface area contributed by atoms with E-state index in [4.69, 9.17) is 4.74 Å². The van der Waals surface area contributed by atoms with Gasteiger partial charge < -0.3 is 9.64 Å². The molecule has 1 atom stereocenters. The predicted molar refractivity (Wildman–Crippen MR) is 103 cm³/mol. The lowest BCUT2D eigenvalue weighted by Gasteiger charge is -2.35. The highest BCUT2D eigenvalue weighted by Gasteiger charge is 2.34. The van der Waals surface area contributed by atoms with Crippen molar-refractivity contribution in [1.82, 2.24) is 4.90 Å². The van der Waals surface area contributed by atoms with Crippen LogP contribution in [0.4, 0.5) is 0 Å². The van der Waals surface area contributed by atoms with Crippen molar-refractivity contribution < 1.29 is 14.3 Å². The lowest BCUT2D eigenvalue weighted by Crippen LogP contribution is -2.39. The maximum absolute atomic E-state index is 13.3. The molecule has 4 nitrogen and oxygen atoms in total. The number of hydrogen-bond acceptors (Lipinski definition) is 5. The molecular weight excluding hydrogens is 366 g/mol. The third-order valence-electron chi connectivity index (χ3n) is 4.57. The molecule has 0 N–H and O–H groups in total. The summed E-state index contributed by atoms with van der Waals surface area (Å²) in [5, 5.41) is 4.13. The molecule has 6 heteroatoms. The van der Waals surface area contributed by atoms with Gasteiger partial charge in [0.2, 0.25) is 0 Å². The number of carbonyl (C=O) groups excluding carboxylic acids is 2. The van der Waals surface area contributed by atoms with Crippen molar-refractivity contribution in [3.63, 3.8) is 0 Å². The Morgan fingerprint density at radius 1 is 1.08 bits per heavy atom. The first-order valence-electron chi connectivity index (χ1n) is 8.28. The van der Waals surface area contributed by atoms with Crippen LogP contribution in [0.2, 0.25) is 0 Å². The summed E-state index contributed by atoms with van der Waals surface area (Å²) in [4.78, 5) is 29.5. The first-order valence-corrected chi connectivity index (χ1v) is 10.0. The van der Waals surface area contributed by atoms with Crippen LogP contribution in [0.1, 0.15) is 42.1 Å². The quantitative estimate of drug-likeness (QED) is 0.631. The van der Waals surface area contributed by atoms with Crippen LogP contribution in [-0.4, -0.2) is 30.4 Å². The summed E-state index contributed by atoms with van der Waals surface area (Å²) >= 11 is 3.41. The number of nitrogens with zero attached hydrogens (tertiary/aromatic N) is 1. The number of methoxy groups -OCH3 is 1. The average Bonchev–Trinajstić information content (AvgIpc) is 3.37. The second-order valence-electron chi connectivity index (χ2n) is 6.04. The number of rotatable bonds is 3. The molecule has 4 rings (SSSR count). The van der Waals surface area contributed by atoms with Gasteiger partial charge in [0.1, 0.15) is 0 Å². The highest BCUT2D eigenvalue weighted by atomic mass is 32.1. The summed E-state index contributed by atoms with van der Waals surface area (Å²) in [6.07, 6.45) is 0.858. The zero-order valence-electron chi connectivity index (χ0n) is 14.2. The van der Waals surface area contributed by atoms with Crippen molar-refractivity contribution in [1.29, 1.82) is 0 Å². The normalized spacial score (nSPS) is 16.2. The zero-order chi connectivity index (χ0) is 18.1. The molecule has 0 spiro atoms. The van der Waals surface area contributed by atoms with Crippen LogP contribution in [0, 0.1) is 0 Å². The largest absolute Gasteiger partial charge is 0.465 e. The van der Waals surface area contributed by atoms with E-state index < -0.39 is 5.97 Å². The highest BCUT2D eigenvalue weighted by Crippen LogP contribution is 2.40. The predicted octanol–water partition coefficient (Wildman–Crippen LogP) is 4.38. The molecule has 0 aliphatic carbocycles. The van der Waals surface area contributed by atoms with Gasteiger partial charge in [0.05, 0.1) is 18.7 Å². The number of benzene rings is 1. The standard InChI is InChI=1S/C20H17NO3S2/c1-24-20(23)14-5-2-4-13(12-14)19(22)21-9-7-16-15(8-11-26-16)18(21)17-6-3-10-25-17/h2-6,8,10-12,18H,7,9H2,1H3/t18-/m1/s1. The number of esters is 1. The van der Waals surface area contributed by atoms with Gasteiger partial charge in [0.15, 0.2) is 0 Å². The van der Waals surface area contributed by atoms with Gasteiger partial charge in [0.25, 0.3) is 5.91 Å². The van der Waals surface area contributed by atoms with Gasteiger partial charge in [-0.15, -0.1) is 22.7 Å². The summed E-state index contributed by atoms with van der Waals surface area (Å²) in [6.45, 7) is 0.664. The van der Waals surface area contributed by atoms with Crippen molar-refractivity contribution in [2.75, 3.05) is 13.7 Å². The van der Waals surface area contributed by atoms with E-state index in [0.29, 0.717) is 17.7 Å². The first kappa shape index (κ1) is 17.0. The van der Waals surface area contributed by atoms with E-state index >= 15 is 0 Å². The smallest absolute Gasteiger partial charge is 0.337 e. The number of fused-ring (bicyclic) bond motifs is 1. The van der Waals surface area contributed by atoms with Crippen LogP contribution in [0.3, 0.4) is 0 Å². The number of ether oxygens (including phenoxy) is 1. The van der Waals surface area contributed by atoms with Crippen molar-refractivity contribution >= 4 is 34.6 Å². The summed E-state index contributed by atoms with van der Waals surface area (Å²) in [5.41, 5.74) is 2.11. The molecule has 0 saturated heterocycles. The fourth-order valence-electron chi connectivity index (χ4n) is 3.35. The minimum absolute atomic E-state index is 0.0639. The molecule has 2 aromatic heterocycles. The monoisotopic (exact) mass is 383 g/mol. The van der Waals surface area contributed by atoms with Crippen LogP contribution in [0.25, 0.3) is 0 Å². The molecule has 3 aromatic rings. The lowest BCUT2D eigenvalue weighted by molar-refractivity contribution is 0.0600. The second-order valence-corrected chi connectivity index (χ2v) is 8.02. The molecule has 26 heavy (non-hydrogen) atoms. The van der Waals surface area contributed by atoms with Crippen LogP contribution in [-0.2, 0) is 11.2 Å². The fraction of sp³-hybridized carbons (Fsp3) is 0.200. The third kappa shape index (κ3) is 2.95. The summed E-state index contributed by atoms with van der Waals surface area (Å²) in [7, 11) is 1.34. The van der Waals surface area contributed by atoms with E-state index in [9.17, 15) is 9.59 Å². The van der Waals surface area contributed by atoms with Gasteiger partial charge in [-0.2, -0.15) is 0 Å². The van der Waals surface area contributed by atoms with Gasteiger partial charge >= 0.3 is 5.97 Å². The minimum Gasteiger partial charge on any atom is -0.465 e. The van der Waals surface area contributed by atoms with Crippen LogP contribution in [0.15, 0.2) is 53.2 Å². The topological polar surface area (TPSA) is 46.6 Å². The average molecular weight is 383 g/mol. The molecule has 3 heterocycles. The van der Waals surface area contributed by atoms with Crippen molar-refractivity contribution in [3.05, 3.63) is 79.7 Å². The molecule has 0 bridgehead atoms. The SMILES string of the molecule is COC(=O)c1cccc(C(=O)N2CCc3sccc3[C@@H]2c2cccs2)c1. The Labute approximate surface area is 159 Å². The van der Waals surface area contributed by atoms with E-state index in [2.05, 4.69) is 17.5 Å². The van der Waals surface area contributed by atoms with Gasteiger partial charge in [-0.25, -0.2) is 4.79 Å². The Morgan fingerprint density at radius 3 is 2.69 bits per heavy atom. The minimum atomic E-state index is -0.437. The molecule has 1 amide bonds. The van der Waals surface area contributed by atoms with E-state index in [1.165, 1.54) is 17.6 Å². The van der Waals surface area contributed by atoms with Crippen molar-refractivity contribution in [2.45, 2.75) is 12.5 Å². The third-order valence-corrected chi connectivity index (χ3v) is 6.49. The van der Waals surface area contributed by atoms with Gasteiger partial charge in [0, 0.05) is 21.9 Å². The molecule has 0 unspecified atom stereocenters. The Kier molecular flexibility index (Phi) is 4.61. The lowest BCUT2D eigenvalue weighted by atomic mass is 9.97. The molecule has 1 aromatic carbocycles. The van der Waals surface area contributed by atoms with Gasteiger partial charge in [-0.05, 0) is 53.1 Å². The fourth-order valence-corrected chi connectivity index (χ4v) is 5.11. The van der Waals surface area contributed by atoms with E-state index in [0.717, 1.165) is 11.3 Å². The van der Waals surface area contributed by atoms with Gasteiger partial charge in [-0.3, -0.25) is 4.79 Å². The zero-order valence-corrected chi connectivity index (χ0v) is 15.8. The maximum atomic E-state index is 13.3. The molecule has 1 aliphatic rings. The number of carbonyl (C=O) groups is 2. The second kappa shape index (κ2) is 7.05. The molecule has 1 aliphatic heterocycles. The van der Waals surface area contributed by atoms with E-state index in [1.807, 2.05) is 16.3 Å². The van der Waals surface area contributed by atoms with Gasteiger partial charge in [-0.1, -0.05) is 12.1 Å². The van der Waals surface area contributed by atoms with Crippen LogP contribution in [0.5, 0.6) is 0 Å². The van der Waals surface area contributed by atoms with Crippen LogP contribution < -0.4 is 0 Å². The number of hydrogen-bond donors (Lipinski definition) is 0. The number of amides is 1. The summed E-state index contributed by atoms with van der Waals surface area (Å²) in [6, 6.07) is 12.9. The Morgan fingerprint density at radius 2 is 1.92 bits per heavy atom. The summed E-state index contributed by atoms with van der Waals surface area (Å²) in [5.74, 6) is -0.501. The molecular formula is C20H17NO3S2. The molecule has 0 radical (unpaired) electrons. The molecule has 0 fully saturated rings. The molecule has 132 valence electrons.